The molecule has 0 spiro atoms. The van der Waals surface area contributed by atoms with E-state index in [2.05, 4.69) is 107 Å². The number of aryl methyl sites for hydroxylation is 4. The summed E-state index contributed by atoms with van der Waals surface area (Å²) in [7, 11) is 0.633. The van der Waals surface area contributed by atoms with Gasteiger partial charge in [-0.05, 0) is 74.9 Å². The van der Waals surface area contributed by atoms with Crippen molar-refractivity contribution in [1.29, 1.82) is 0 Å². The van der Waals surface area contributed by atoms with E-state index in [4.69, 9.17) is 39.6 Å². The van der Waals surface area contributed by atoms with Gasteiger partial charge in [0.1, 0.15) is 34.4 Å². The second-order valence-corrected chi connectivity index (χ2v) is 29.6. The zero-order valence-corrected chi connectivity index (χ0v) is 41.8. The fourth-order valence-electron chi connectivity index (χ4n) is 8.90. The number of ether oxygens (including phenoxy) is 2. The lowest BCUT2D eigenvalue weighted by atomic mass is 9.91. The highest BCUT2D eigenvalue weighted by molar-refractivity contribution is 6.89. The number of rotatable bonds is 10. The third-order valence-electron chi connectivity index (χ3n) is 12.6. The van der Waals surface area contributed by atoms with Crippen molar-refractivity contribution in [3.63, 3.8) is 0 Å². The first-order valence-corrected chi connectivity index (χ1v) is 29.9. The second kappa shape index (κ2) is 18.0. The third-order valence-corrected chi connectivity index (χ3v) is 16.7. The van der Waals surface area contributed by atoms with Crippen LogP contribution in [0.5, 0.6) is 11.8 Å². The Morgan fingerprint density at radius 3 is 1.24 bits per heavy atom. The summed E-state index contributed by atoms with van der Waals surface area (Å²) in [6, 6.07) is 26.2. The molecule has 2 atom stereocenters. The average molecular weight is 917 g/mol. The molecule has 2 aromatic carbocycles. The third kappa shape index (κ3) is 9.16. The predicted octanol–water partition coefficient (Wildman–Crippen LogP) is 8.63. The molecule has 2 aliphatic rings. The number of fused-ring (bicyclic) bond motifs is 2. The molecule has 8 aromatic rings. The number of pyridine rings is 2. The van der Waals surface area contributed by atoms with Crippen molar-refractivity contribution in [1.82, 2.24) is 58.6 Å². The van der Waals surface area contributed by atoms with Gasteiger partial charge in [-0.3, -0.25) is 0 Å². The average Bonchev–Trinajstić information content (AvgIpc) is 4.15. The summed E-state index contributed by atoms with van der Waals surface area (Å²) < 4.78 is 19.1. The molecule has 0 amide bonds. The molecule has 0 saturated carbocycles. The smallest absolute Gasteiger partial charge is 0.238 e. The molecule has 0 radical (unpaired) electrons. The molecule has 66 heavy (non-hydrogen) atoms. The maximum atomic E-state index is 5.58. The highest BCUT2D eigenvalue weighted by Gasteiger charge is 2.29. The second-order valence-electron chi connectivity index (χ2n) is 19.5. The maximum absolute atomic E-state index is 5.58. The Balaban J connectivity index is 0.000000166. The van der Waals surface area contributed by atoms with Gasteiger partial charge >= 0.3 is 0 Å². The van der Waals surface area contributed by atoms with Crippen LogP contribution in [0, 0.1) is 13.8 Å². The molecule has 340 valence electrons. The van der Waals surface area contributed by atoms with E-state index in [0.29, 0.717) is 34.8 Å². The molecule has 0 N–H and O–H groups in total. The summed E-state index contributed by atoms with van der Waals surface area (Å²) in [5.74, 6) is 4.88. The van der Waals surface area contributed by atoms with Gasteiger partial charge in [0.2, 0.25) is 11.8 Å². The maximum Gasteiger partial charge on any atom is 0.238 e. The molecule has 16 heteroatoms. The first-order chi connectivity index (χ1) is 31.7. The van der Waals surface area contributed by atoms with Gasteiger partial charge in [0.05, 0.1) is 54.4 Å². The minimum Gasteiger partial charge on any atom is -0.479 e. The predicted molar refractivity (Wildman–Crippen MR) is 264 cm³/mol. The topological polar surface area (TPSA) is 141 Å². The summed E-state index contributed by atoms with van der Waals surface area (Å²) >= 11 is 0. The lowest BCUT2D eigenvalue weighted by Gasteiger charge is -2.23. The SMILES string of the molecule is COc1nc(-c2nc3n(n2)CCC[C@@H]3c2ccc([Si](C)(C)C)cc2)ccc1-n1cnc(C)c1.COc1nc(-c2nc3n(n2)CCC[C@H]3c2ccc([Si](C)(C)C)cc2)ccc1-n1cnc(C)c1. The summed E-state index contributed by atoms with van der Waals surface area (Å²) in [4.78, 5) is 28.0. The van der Waals surface area contributed by atoms with Crippen molar-refractivity contribution >= 4 is 26.5 Å². The molecule has 0 bridgehead atoms. The first kappa shape index (κ1) is 44.7. The fourth-order valence-corrected chi connectivity index (χ4v) is 11.2. The summed E-state index contributed by atoms with van der Waals surface area (Å²) in [5.41, 5.74) is 7.60. The van der Waals surface area contributed by atoms with Crippen LogP contribution in [-0.4, -0.2) is 89.0 Å². The van der Waals surface area contributed by atoms with E-state index in [0.717, 1.165) is 73.2 Å². The van der Waals surface area contributed by atoms with Gasteiger partial charge in [-0.15, -0.1) is 10.2 Å². The highest BCUT2D eigenvalue weighted by atomic mass is 28.3. The molecule has 6 aromatic heterocycles. The van der Waals surface area contributed by atoms with Crippen molar-refractivity contribution in [2.45, 2.75) is 104 Å². The van der Waals surface area contributed by atoms with E-state index in [9.17, 15) is 0 Å². The van der Waals surface area contributed by atoms with Crippen LogP contribution in [0.4, 0.5) is 0 Å². The number of nitrogens with zero attached hydrogens (tertiary/aromatic N) is 12. The summed E-state index contributed by atoms with van der Waals surface area (Å²) in [5, 5.41) is 12.6. The Morgan fingerprint density at radius 2 is 0.909 bits per heavy atom. The number of aromatic nitrogens is 12. The Labute approximate surface area is 389 Å². The minimum absolute atomic E-state index is 0.255. The van der Waals surface area contributed by atoms with Gasteiger partial charge in [0, 0.05) is 37.3 Å². The molecule has 8 heterocycles. The Bertz CT molecular complexity index is 2770. The normalized spacial score (nSPS) is 16.0. The molecule has 14 nitrogen and oxygen atoms in total. The quantitative estimate of drug-likeness (QED) is 0.123. The summed E-state index contributed by atoms with van der Waals surface area (Å²) in [6.07, 6.45) is 11.8. The van der Waals surface area contributed by atoms with Gasteiger partial charge in [0.15, 0.2) is 11.6 Å². The summed E-state index contributed by atoms with van der Waals surface area (Å²) in [6.45, 7) is 20.0. The van der Waals surface area contributed by atoms with E-state index in [1.807, 2.05) is 59.6 Å². The molecule has 10 rings (SSSR count). The molecule has 0 saturated heterocycles. The van der Waals surface area contributed by atoms with Crippen LogP contribution in [0.1, 0.15) is 71.7 Å². The van der Waals surface area contributed by atoms with Crippen molar-refractivity contribution in [2.75, 3.05) is 14.2 Å². The number of hydrogen-bond acceptors (Lipinski definition) is 10. The fraction of sp³-hybridized carbons (Fsp3) is 0.360. The highest BCUT2D eigenvalue weighted by Crippen LogP contribution is 2.36. The van der Waals surface area contributed by atoms with Crippen molar-refractivity contribution in [3.8, 4) is 46.2 Å². The number of benzene rings is 2. The van der Waals surface area contributed by atoms with Crippen LogP contribution in [-0.2, 0) is 13.1 Å². The number of imidazole rings is 2. The largest absolute Gasteiger partial charge is 0.479 e. The van der Waals surface area contributed by atoms with Gasteiger partial charge in [-0.1, -0.05) is 98.2 Å². The zero-order valence-electron chi connectivity index (χ0n) is 39.8. The van der Waals surface area contributed by atoms with Crippen LogP contribution in [0.15, 0.2) is 97.8 Å². The van der Waals surface area contributed by atoms with Gasteiger partial charge in [0.25, 0.3) is 0 Å². The van der Waals surface area contributed by atoms with E-state index < -0.39 is 16.1 Å². The monoisotopic (exact) mass is 916 g/mol. The van der Waals surface area contributed by atoms with Crippen LogP contribution >= 0.6 is 0 Å². The van der Waals surface area contributed by atoms with Crippen molar-refractivity contribution < 1.29 is 9.47 Å². The molecular weight excluding hydrogens is 857 g/mol. The molecular formula is C50H60N12O2Si2. The number of methoxy groups -OCH3 is 2. The Kier molecular flexibility index (Phi) is 12.2. The van der Waals surface area contributed by atoms with Crippen molar-refractivity contribution in [3.05, 3.63) is 132 Å². The Hall–Kier alpha value is -6.53. The van der Waals surface area contributed by atoms with Crippen LogP contribution in [0.3, 0.4) is 0 Å². The van der Waals surface area contributed by atoms with E-state index >= 15 is 0 Å². The van der Waals surface area contributed by atoms with Gasteiger partial charge in [-0.2, -0.15) is 0 Å². The van der Waals surface area contributed by atoms with Crippen LogP contribution < -0.4 is 19.8 Å². The Morgan fingerprint density at radius 1 is 0.515 bits per heavy atom. The molecule has 0 aliphatic carbocycles. The van der Waals surface area contributed by atoms with E-state index in [1.165, 1.54) is 21.5 Å². The molecule has 0 fully saturated rings. The first-order valence-electron chi connectivity index (χ1n) is 22.9. The molecule has 2 aliphatic heterocycles. The van der Waals surface area contributed by atoms with Crippen LogP contribution in [0.25, 0.3) is 34.4 Å². The lowest BCUT2D eigenvalue weighted by Crippen LogP contribution is -2.37. The number of hydrogen-bond donors (Lipinski definition) is 0. The van der Waals surface area contributed by atoms with Crippen LogP contribution in [0.2, 0.25) is 39.3 Å². The van der Waals surface area contributed by atoms with Gasteiger partial charge < -0.3 is 18.6 Å². The molecule has 0 unspecified atom stereocenters. The zero-order chi connectivity index (χ0) is 46.3. The van der Waals surface area contributed by atoms with Gasteiger partial charge in [-0.25, -0.2) is 39.3 Å². The van der Waals surface area contributed by atoms with E-state index in [-0.39, 0.29) is 11.8 Å². The lowest BCUT2D eigenvalue weighted by molar-refractivity contribution is 0.396. The standard InChI is InChI=1S/2C25H30N6OSi/c2*1-17-15-30(16-26-17)22-13-12-21(27-25(22)32-2)23-28-24-20(7-6-14-31(24)29-23)18-8-10-19(11-9-18)33(3,4)5/h2*8-13,15-16,20H,6-7,14H2,1-5H3/t2*20-/m10/s1. The minimum atomic E-state index is -1.31. The van der Waals surface area contributed by atoms with E-state index in [1.54, 1.807) is 26.9 Å². The van der Waals surface area contributed by atoms with Crippen molar-refractivity contribution in [2.24, 2.45) is 0 Å².